The average molecular weight is 180 g/mol. The van der Waals surface area contributed by atoms with Gasteiger partial charge in [0.25, 0.3) is 0 Å². The van der Waals surface area contributed by atoms with Crippen LogP contribution in [-0.2, 0) is 0 Å². The van der Waals surface area contributed by atoms with Gasteiger partial charge in [0.2, 0.25) is 0 Å². The zero-order valence-corrected chi connectivity index (χ0v) is 7.79. The van der Waals surface area contributed by atoms with Gasteiger partial charge in [-0.2, -0.15) is 0 Å². The number of hydrogen-bond acceptors (Lipinski definition) is 2. The molecule has 2 atom stereocenters. The predicted molar refractivity (Wildman–Crippen MR) is 49.8 cm³/mol. The molecule has 0 heterocycles. The molecule has 0 saturated heterocycles. The van der Waals surface area contributed by atoms with Crippen LogP contribution in [0, 0.1) is 29.1 Å². The minimum Gasteiger partial charge on any atom is -0.396 e. The number of aliphatic hydroxyl groups excluding tert-OH is 2. The highest BCUT2D eigenvalue weighted by atomic mass is 16.3. The molecule has 13 heavy (non-hydrogen) atoms. The predicted octanol–water partition coefficient (Wildman–Crippen LogP) is 0.781. The molecule has 0 aromatic carbocycles. The number of aliphatic hydroxyl groups is 2. The van der Waals surface area contributed by atoms with Gasteiger partial charge in [0.1, 0.15) is 0 Å². The van der Waals surface area contributed by atoms with Gasteiger partial charge in [-0.3, -0.25) is 0 Å². The van der Waals surface area contributed by atoms with Crippen LogP contribution in [0.2, 0.25) is 0 Å². The van der Waals surface area contributed by atoms with E-state index in [1.165, 1.54) is 0 Å². The van der Waals surface area contributed by atoms with Gasteiger partial charge in [0.15, 0.2) is 0 Å². The van der Waals surface area contributed by atoms with Crippen molar-refractivity contribution >= 4 is 0 Å². The lowest BCUT2D eigenvalue weighted by Gasteiger charge is -2.09. The molecule has 1 saturated carbocycles. The van der Waals surface area contributed by atoms with Gasteiger partial charge < -0.3 is 10.2 Å². The molecule has 0 amide bonds. The topological polar surface area (TPSA) is 40.5 Å². The molecule has 0 aromatic rings. The second kappa shape index (κ2) is 3.32. The molecule has 1 fully saturated rings. The van der Waals surface area contributed by atoms with E-state index in [0.717, 1.165) is 25.7 Å². The van der Waals surface area contributed by atoms with E-state index in [1.807, 2.05) is 0 Å². The molecule has 0 radical (unpaired) electrons. The summed E-state index contributed by atoms with van der Waals surface area (Å²) in [5, 5.41) is 18.5. The summed E-state index contributed by atoms with van der Waals surface area (Å²) in [6.07, 6.45) is 3.98. The highest BCUT2D eigenvalue weighted by molar-refractivity contribution is 5.14. The number of fused-ring (bicyclic) bond motifs is 1. The van der Waals surface area contributed by atoms with Gasteiger partial charge in [-0.05, 0) is 24.7 Å². The van der Waals surface area contributed by atoms with Crippen molar-refractivity contribution < 1.29 is 10.2 Å². The fraction of sp³-hybridized carbons (Fsp3) is 0.818. The van der Waals surface area contributed by atoms with Crippen molar-refractivity contribution in [1.82, 2.24) is 0 Å². The van der Waals surface area contributed by atoms with Crippen LogP contribution >= 0.6 is 0 Å². The Balaban J connectivity index is 2.06. The molecule has 0 unspecified atom stereocenters. The van der Waals surface area contributed by atoms with Crippen LogP contribution < -0.4 is 0 Å². The van der Waals surface area contributed by atoms with E-state index in [0.29, 0.717) is 11.8 Å². The molecule has 2 aliphatic carbocycles. The van der Waals surface area contributed by atoms with Crippen molar-refractivity contribution in [1.29, 1.82) is 0 Å². The molecule has 72 valence electrons. The molecule has 2 N–H and O–H groups in total. The molecular weight excluding hydrogens is 164 g/mol. The summed E-state index contributed by atoms with van der Waals surface area (Å²) in [6, 6.07) is 0. The Morgan fingerprint density at radius 2 is 1.46 bits per heavy atom. The second-order valence-corrected chi connectivity index (χ2v) is 4.19. The first-order valence-corrected chi connectivity index (χ1v) is 5.02. The lowest BCUT2D eigenvalue weighted by atomic mass is 10.0. The van der Waals surface area contributed by atoms with Crippen LogP contribution in [0.1, 0.15) is 25.7 Å². The van der Waals surface area contributed by atoms with Crippen molar-refractivity contribution in [3.05, 3.63) is 0 Å². The summed E-state index contributed by atoms with van der Waals surface area (Å²) in [4.78, 5) is 0. The van der Waals surface area contributed by atoms with E-state index in [2.05, 4.69) is 11.8 Å². The van der Waals surface area contributed by atoms with Gasteiger partial charge in [0.05, 0.1) is 13.2 Å². The standard InChI is InChI=1S/C11H16O2/c12-7-11(8-13)9-5-3-1-2-4-6-10(9)11/h9-10,12-13H,3-8H2/t9-,10+. The fourth-order valence-electron chi connectivity index (χ4n) is 2.80. The van der Waals surface area contributed by atoms with Gasteiger partial charge in [-0.15, -0.1) is 11.8 Å². The third-order valence-electron chi connectivity index (χ3n) is 3.73. The summed E-state index contributed by atoms with van der Waals surface area (Å²) < 4.78 is 0. The summed E-state index contributed by atoms with van der Waals surface area (Å²) in [5.41, 5.74) is -0.159. The average Bonchev–Trinajstić information content (AvgIpc) is 2.71. The second-order valence-electron chi connectivity index (χ2n) is 4.19. The molecule has 0 bridgehead atoms. The first-order valence-electron chi connectivity index (χ1n) is 5.02. The molecule has 2 heteroatoms. The Kier molecular flexibility index (Phi) is 2.31. The summed E-state index contributed by atoms with van der Waals surface area (Å²) in [7, 11) is 0. The quantitative estimate of drug-likeness (QED) is 0.616. The van der Waals surface area contributed by atoms with Crippen LogP contribution in [0.5, 0.6) is 0 Å². The van der Waals surface area contributed by atoms with Crippen LogP contribution in [0.15, 0.2) is 0 Å². The number of rotatable bonds is 2. The molecule has 2 rings (SSSR count). The normalized spacial score (nSPS) is 34.9. The van der Waals surface area contributed by atoms with Crippen molar-refractivity contribution in [2.75, 3.05) is 13.2 Å². The SMILES string of the molecule is OCC1(CO)[C@@H]2CCC#CCC[C@@H]21. The maximum absolute atomic E-state index is 9.27. The molecule has 2 aliphatic rings. The smallest absolute Gasteiger partial charge is 0.0514 e. The summed E-state index contributed by atoms with van der Waals surface area (Å²) in [6.45, 7) is 0.275. The molecular formula is C11H16O2. The maximum atomic E-state index is 9.27. The van der Waals surface area contributed by atoms with Crippen LogP contribution in [0.4, 0.5) is 0 Å². The lowest BCUT2D eigenvalue weighted by molar-refractivity contribution is 0.111. The van der Waals surface area contributed by atoms with Crippen molar-refractivity contribution in [3.8, 4) is 11.8 Å². The molecule has 0 aliphatic heterocycles. The van der Waals surface area contributed by atoms with E-state index < -0.39 is 0 Å². The minimum atomic E-state index is -0.159. The van der Waals surface area contributed by atoms with Crippen LogP contribution in [-0.4, -0.2) is 23.4 Å². The fourth-order valence-corrected chi connectivity index (χ4v) is 2.80. The van der Waals surface area contributed by atoms with Crippen LogP contribution in [0.3, 0.4) is 0 Å². The zero-order valence-electron chi connectivity index (χ0n) is 7.79. The van der Waals surface area contributed by atoms with Gasteiger partial charge in [-0.1, -0.05) is 0 Å². The Labute approximate surface area is 79.0 Å². The van der Waals surface area contributed by atoms with Gasteiger partial charge >= 0.3 is 0 Å². The Hall–Kier alpha value is -0.520. The van der Waals surface area contributed by atoms with Gasteiger partial charge in [-0.25, -0.2) is 0 Å². The Morgan fingerprint density at radius 3 is 1.85 bits per heavy atom. The minimum absolute atomic E-state index is 0.138. The third-order valence-corrected chi connectivity index (χ3v) is 3.73. The first kappa shape index (κ1) is 9.05. The highest BCUT2D eigenvalue weighted by Gasteiger charge is 2.62. The summed E-state index contributed by atoms with van der Waals surface area (Å²) >= 11 is 0. The van der Waals surface area contributed by atoms with Crippen molar-refractivity contribution in [2.24, 2.45) is 17.3 Å². The monoisotopic (exact) mass is 180 g/mol. The third kappa shape index (κ3) is 1.27. The van der Waals surface area contributed by atoms with E-state index in [9.17, 15) is 10.2 Å². The van der Waals surface area contributed by atoms with Gasteiger partial charge in [0, 0.05) is 18.3 Å². The van der Waals surface area contributed by atoms with Crippen molar-refractivity contribution in [3.63, 3.8) is 0 Å². The van der Waals surface area contributed by atoms with Crippen molar-refractivity contribution in [2.45, 2.75) is 25.7 Å². The van der Waals surface area contributed by atoms with E-state index in [-0.39, 0.29) is 18.6 Å². The lowest BCUT2D eigenvalue weighted by Crippen LogP contribution is -2.16. The molecule has 0 spiro atoms. The van der Waals surface area contributed by atoms with E-state index >= 15 is 0 Å². The molecule has 0 aromatic heterocycles. The first-order chi connectivity index (χ1) is 6.35. The van der Waals surface area contributed by atoms with Crippen LogP contribution in [0.25, 0.3) is 0 Å². The zero-order chi connectivity index (χ0) is 9.31. The highest BCUT2D eigenvalue weighted by Crippen LogP contribution is 2.62. The molecule has 2 nitrogen and oxygen atoms in total. The Bertz CT molecular complexity index is 225. The largest absolute Gasteiger partial charge is 0.396 e. The van der Waals surface area contributed by atoms with E-state index in [1.54, 1.807) is 0 Å². The van der Waals surface area contributed by atoms with E-state index in [4.69, 9.17) is 0 Å². The number of hydrogen-bond donors (Lipinski definition) is 2. The Morgan fingerprint density at radius 1 is 1.00 bits per heavy atom. The summed E-state index contributed by atoms with van der Waals surface area (Å²) in [5.74, 6) is 7.28. The maximum Gasteiger partial charge on any atom is 0.0514 e.